The van der Waals surface area contributed by atoms with E-state index in [2.05, 4.69) is 27.2 Å². The van der Waals surface area contributed by atoms with Crippen molar-refractivity contribution in [2.75, 3.05) is 11.9 Å². The molecule has 2 aliphatic rings. The van der Waals surface area contributed by atoms with Gasteiger partial charge in [-0.25, -0.2) is 4.68 Å². The van der Waals surface area contributed by atoms with E-state index < -0.39 is 0 Å². The summed E-state index contributed by atoms with van der Waals surface area (Å²) in [6, 6.07) is 11.8. The number of anilines is 1. The fourth-order valence-electron chi connectivity index (χ4n) is 4.93. The van der Waals surface area contributed by atoms with Gasteiger partial charge < -0.3 is 10.0 Å². The Morgan fingerprint density at radius 1 is 1.04 bits per heavy atom. The molecule has 5 rings (SSSR count). The molecule has 2 saturated carbocycles. The van der Waals surface area contributed by atoms with E-state index in [-0.39, 0.29) is 5.75 Å². The van der Waals surface area contributed by atoms with Crippen LogP contribution >= 0.6 is 0 Å². The zero-order valence-corrected chi connectivity index (χ0v) is 16.1. The number of aromatic hydroxyl groups is 1. The lowest BCUT2D eigenvalue weighted by Crippen LogP contribution is -2.37. The first kappa shape index (κ1) is 17.2. The average molecular weight is 375 g/mol. The minimum absolute atomic E-state index is 0.173. The molecule has 2 aromatic heterocycles. The first-order valence-electron chi connectivity index (χ1n) is 10.1. The molecule has 0 spiro atoms. The predicted molar refractivity (Wildman–Crippen MR) is 109 cm³/mol. The summed E-state index contributed by atoms with van der Waals surface area (Å²) >= 11 is 0. The van der Waals surface area contributed by atoms with E-state index in [1.165, 1.54) is 32.1 Å². The van der Waals surface area contributed by atoms with Crippen LogP contribution in [-0.2, 0) is 0 Å². The van der Waals surface area contributed by atoms with Crippen molar-refractivity contribution < 1.29 is 5.11 Å². The number of benzene rings is 1. The second kappa shape index (κ2) is 6.93. The fourth-order valence-corrected chi connectivity index (χ4v) is 4.93. The second-order valence-corrected chi connectivity index (χ2v) is 8.21. The number of fused-ring (bicyclic) bond motifs is 2. The maximum absolute atomic E-state index is 10.5. The molecule has 2 aliphatic carbocycles. The number of hydrogen-bond acceptors (Lipinski definition) is 5. The van der Waals surface area contributed by atoms with Crippen LogP contribution in [0.4, 0.5) is 5.82 Å². The Morgan fingerprint density at radius 3 is 2.50 bits per heavy atom. The van der Waals surface area contributed by atoms with E-state index in [1.807, 2.05) is 36.5 Å². The van der Waals surface area contributed by atoms with Crippen molar-refractivity contribution in [2.24, 2.45) is 11.8 Å². The van der Waals surface area contributed by atoms with Crippen molar-refractivity contribution in [3.05, 3.63) is 48.8 Å². The molecular weight excluding hydrogens is 350 g/mol. The van der Waals surface area contributed by atoms with E-state index in [0.29, 0.717) is 17.3 Å². The molecule has 1 aromatic carbocycles. The molecule has 6 nitrogen and oxygen atoms in total. The quantitative estimate of drug-likeness (QED) is 0.745. The van der Waals surface area contributed by atoms with Gasteiger partial charge in [0.25, 0.3) is 0 Å². The molecule has 3 atom stereocenters. The summed E-state index contributed by atoms with van der Waals surface area (Å²) in [5.74, 6) is 2.86. The van der Waals surface area contributed by atoms with Gasteiger partial charge in [-0.05, 0) is 61.4 Å². The molecule has 144 valence electrons. The van der Waals surface area contributed by atoms with Gasteiger partial charge in [-0.1, -0.05) is 12.8 Å². The van der Waals surface area contributed by atoms with Gasteiger partial charge in [0.15, 0.2) is 5.82 Å². The van der Waals surface area contributed by atoms with E-state index in [0.717, 1.165) is 23.3 Å². The summed E-state index contributed by atoms with van der Waals surface area (Å²) in [6.07, 6.45) is 10.3. The smallest absolute Gasteiger partial charge is 0.151 e. The number of phenolic OH excluding ortho intramolecular Hbond substituents is 1. The highest BCUT2D eigenvalue weighted by molar-refractivity contribution is 5.69. The van der Waals surface area contributed by atoms with Gasteiger partial charge >= 0.3 is 0 Å². The van der Waals surface area contributed by atoms with Gasteiger partial charge in [-0.2, -0.15) is 5.10 Å². The third-order valence-corrected chi connectivity index (χ3v) is 6.45. The first-order chi connectivity index (χ1) is 13.7. The SMILES string of the molecule is CN(c1ccc(-c2ccc(-n3cccn3)cc2O)nn1)C1CC2CC[C@@H](C2)C1. The molecule has 2 heterocycles. The molecular formula is C22H25N5O. The Labute approximate surface area is 164 Å². The van der Waals surface area contributed by atoms with Crippen molar-refractivity contribution in [3.63, 3.8) is 0 Å². The van der Waals surface area contributed by atoms with E-state index in [9.17, 15) is 5.11 Å². The molecule has 0 saturated heterocycles. The van der Waals surface area contributed by atoms with Gasteiger partial charge in [0, 0.05) is 37.1 Å². The molecule has 0 amide bonds. The summed E-state index contributed by atoms with van der Waals surface area (Å²) in [5, 5.41) is 23.5. The molecule has 0 aliphatic heterocycles. The van der Waals surface area contributed by atoms with Crippen LogP contribution in [0.25, 0.3) is 16.9 Å². The van der Waals surface area contributed by atoms with Crippen molar-refractivity contribution in [3.8, 4) is 22.7 Å². The highest BCUT2D eigenvalue weighted by Crippen LogP contribution is 2.43. The van der Waals surface area contributed by atoms with Gasteiger partial charge in [0.05, 0.1) is 11.4 Å². The van der Waals surface area contributed by atoms with E-state index in [1.54, 1.807) is 16.9 Å². The Bertz CT molecular complexity index is 942. The average Bonchev–Trinajstić information content (AvgIpc) is 3.37. The lowest BCUT2D eigenvalue weighted by molar-refractivity contribution is 0.312. The lowest BCUT2D eigenvalue weighted by Gasteiger charge is -2.35. The van der Waals surface area contributed by atoms with Crippen LogP contribution in [0.3, 0.4) is 0 Å². The molecule has 2 fully saturated rings. The highest BCUT2D eigenvalue weighted by Gasteiger charge is 2.36. The monoisotopic (exact) mass is 375 g/mol. The Kier molecular flexibility index (Phi) is 4.26. The second-order valence-electron chi connectivity index (χ2n) is 8.21. The first-order valence-corrected chi connectivity index (χ1v) is 10.1. The topological polar surface area (TPSA) is 67.1 Å². The van der Waals surface area contributed by atoms with Crippen LogP contribution in [0, 0.1) is 11.8 Å². The molecule has 3 aromatic rings. The molecule has 1 N–H and O–H groups in total. The van der Waals surface area contributed by atoms with Crippen molar-refractivity contribution in [1.29, 1.82) is 0 Å². The normalized spacial score (nSPS) is 23.7. The van der Waals surface area contributed by atoms with Crippen molar-refractivity contribution in [1.82, 2.24) is 20.0 Å². The van der Waals surface area contributed by atoms with Crippen LogP contribution < -0.4 is 4.90 Å². The standard InChI is InChI=1S/C22H25N5O/c1-26(18-12-15-3-4-16(11-15)13-18)22-8-7-20(24-25-22)19-6-5-17(14-21(19)28)27-10-2-9-23-27/h2,5-10,14-16,18,28H,3-4,11-13H2,1H3/t15-,16?,18?/m0/s1. The number of nitrogens with zero attached hydrogens (tertiary/aromatic N) is 5. The number of phenols is 1. The van der Waals surface area contributed by atoms with Crippen LogP contribution in [0.15, 0.2) is 48.8 Å². The molecule has 28 heavy (non-hydrogen) atoms. The molecule has 0 radical (unpaired) electrons. The minimum Gasteiger partial charge on any atom is -0.507 e. The van der Waals surface area contributed by atoms with Crippen LogP contribution in [-0.4, -0.2) is 38.2 Å². The number of rotatable bonds is 4. The maximum atomic E-state index is 10.5. The summed E-state index contributed by atoms with van der Waals surface area (Å²) < 4.78 is 1.71. The van der Waals surface area contributed by atoms with Gasteiger partial charge in [-0.15, -0.1) is 10.2 Å². The van der Waals surface area contributed by atoms with Gasteiger partial charge in [-0.3, -0.25) is 0 Å². The summed E-state index contributed by atoms with van der Waals surface area (Å²) in [6.45, 7) is 0. The zero-order chi connectivity index (χ0) is 19.1. The third-order valence-electron chi connectivity index (χ3n) is 6.45. The van der Waals surface area contributed by atoms with Crippen LogP contribution in [0.5, 0.6) is 5.75 Å². The predicted octanol–water partition coefficient (Wildman–Crippen LogP) is 4.05. The van der Waals surface area contributed by atoms with E-state index >= 15 is 0 Å². The highest BCUT2D eigenvalue weighted by atomic mass is 16.3. The number of aromatic nitrogens is 4. The minimum atomic E-state index is 0.173. The Morgan fingerprint density at radius 2 is 1.86 bits per heavy atom. The van der Waals surface area contributed by atoms with Crippen LogP contribution in [0.1, 0.15) is 32.1 Å². The zero-order valence-electron chi connectivity index (χ0n) is 16.1. The number of hydrogen-bond donors (Lipinski definition) is 1. The largest absolute Gasteiger partial charge is 0.507 e. The summed E-state index contributed by atoms with van der Waals surface area (Å²) in [5.41, 5.74) is 2.15. The third kappa shape index (κ3) is 3.13. The molecule has 2 unspecified atom stereocenters. The Hall–Kier alpha value is -2.89. The maximum Gasteiger partial charge on any atom is 0.151 e. The van der Waals surface area contributed by atoms with E-state index in [4.69, 9.17) is 0 Å². The summed E-state index contributed by atoms with van der Waals surface area (Å²) in [7, 11) is 2.13. The van der Waals surface area contributed by atoms with Gasteiger partial charge in [0.2, 0.25) is 0 Å². The van der Waals surface area contributed by atoms with Crippen molar-refractivity contribution >= 4 is 5.82 Å². The molecule has 6 heteroatoms. The van der Waals surface area contributed by atoms with Crippen LogP contribution in [0.2, 0.25) is 0 Å². The van der Waals surface area contributed by atoms with Crippen molar-refractivity contribution in [2.45, 2.75) is 38.1 Å². The summed E-state index contributed by atoms with van der Waals surface area (Å²) in [4.78, 5) is 2.29. The molecule has 2 bridgehead atoms. The Balaban J connectivity index is 1.35. The van der Waals surface area contributed by atoms with Gasteiger partial charge in [0.1, 0.15) is 5.75 Å². The lowest BCUT2D eigenvalue weighted by atomic mass is 9.85. The fraction of sp³-hybridized carbons (Fsp3) is 0.409.